The zero-order valence-electron chi connectivity index (χ0n) is 12.5. The highest BCUT2D eigenvalue weighted by Crippen LogP contribution is 2.14. The van der Waals surface area contributed by atoms with Crippen LogP contribution in [0.4, 0.5) is 4.79 Å². The Hall–Kier alpha value is -2.70. The van der Waals surface area contributed by atoms with E-state index in [0.717, 1.165) is 17.7 Å². The molecule has 0 saturated carbocycles. The van der Waals surface area contributed by atoms with E-state index in [2.05, 4.69) is 20.6 Å². The van der Waals surface area contributed by atoms with Crippen LogP contribution in [0.1, 0.15) is 29.3 Å². The van der Waals surface area contributed by atoms with Gasteiger partial charge in [-0.25, -0.2) is 9.80 Å². The molecule has 1 aliphatic rings. The molecule has 114 valence electrons. The normalized spacial score (nSPS) is 14.1. The van der Waals surface area contributed by atoms with Gasteiger partial charge in [0.1, 0.15) is 0 Å². The molecular formula is C15H17N5O2. The maximum atomic E-state index is 12.1. The lowest BCUT2D eigenvalue weighted by Crippen LogP contribution is -2.34. The van der Waals surface area contributed by atoms with E-state index in [1.54, 1.807) is 6.92 Å². The summed E-state index contributed by atoms with van der Waals surface area (Å²) in [7, 11) is 0. The van der Waals surface area contributed by atoms with Crippen LogP contribution in [0.15, 0.2) is 33.9 Å². The standard InChI is InChI=1S/C15H17N5O2/c1-10-3-5-12(6-4-10)13-7-8-20(18-13)15(21)16-9-14-17-11(2)19-22-14/h3-6H,7-9H2,1-2H3,(H,16,21). The van der Waals surface area contributed by atoms with Crippen LogP contribution in [0, 0.1) is 13.8 Å². The second-order valence-corrected chi connectivity index (χ2v) is 5.18. The van der Waals surface area contributed by atoms with Crippen LogP contribution in [0.25, 0.3) is 0 Å². The minimum Gasteiger partial charge on any atom is -0.337 e. The quantitative estimate of drug-likeness (QED) is 0.939. The van der Waals surface area contributed by atoms with Crippen LogP contribution in [-0.2, 0) is 6.54 Å². The van der Waals surface area contributed by atoms with Gasteiger partial charge in [0.25, 0.3) is 0 Å². The molecular weight excluding hydrogens is 282 g/mol. The third-order valence-electron chi connectivity index (χ3n) is 3.38. The van der Waals surface area contributed by atoms with Gasteiger partial charge in [0.05, 0.1) is 18.8 Å². The van der Waals surface area contributed by atoms with Crippen molar-refractivity contribution >= 4 is 11.7 Å². The number of nitrogens with zero attached hydrogens (tertiary/aromatic N) is 4. The Kier molecular flexibility index (Phi) is 3.86. The summed E-state index contributed by atoms with van der Waals surface area (Å²) in [5.74, 6) is 0.929. The maximum Gasteiger partial charge on any atom is 0.338 e. The fraction of sp³-hybridized carbons (Fsp3) is 0.333. The summed E-state index contributed by atoms with van der Waals surface area (Å²) in [5.41, 5.74) is 3.17. The average Bonchev–Trinajstić information content (AvgIpc) is 3.15. The highest BCUT2D eigenvalue weighted by Gasteiger charge is 2.21. The number of benzene rings is 1. The van der Waals surface area contributed by atoms with Crippen molar-refractivity contribution in [1.29, 1.82) is 0 Å². The van der Waals surface area contributed by atoms with Gasteiger partial charge < -0.3 is 9.84 Å². The molecule has 0 atom stereocenters. The zero-order valence-corrected chi connectivity index (χ0v) is 12.5. The van der Waals surface area contributed by atoms with Crippen LogP contribution in [-0.4, -0.2) is 33.4 Å². The Morgan fingerprint density at radius 2 is 2.09 bits per heavy atom. The van der Waals surface area contributed by atoms with Crippen molar-refractivity contribution in [2.75, 3.05) is 6.54 Å². The van der Waals surface area contributed by atoms with Crippen molar-refractivity contribution in [1.82, 2.24) is 20.5 Å². The lowest BCUT2D eigenvalue weighted by molar-refractivity contribution is 0.203. The summed E-state index contributed by atoms with van der Waals surface area (Å²) in [6.07, 6.45) is 0.746. The van der Waals surface area contributed by atoms with E-state index in [0.29, 0.717) is 18.3 Å². The summed E-state index contributed by atoms with van der Waals surface area (Å²) < 4.78 is 4.95. The molecule has 0 aliphatic carbocycles. The molecule has 0 fully saturated rings. The fourth-order valence-electron chi connectivity index (χ4n) is 2.21. The Morgan fingerprint density at radius 3 is 2.77 bits per heavy atom. The molecule has 1 aliphatic heterocycles. The predicted octanol–water partition coefficient (Wildman–Crippen LogP) is 2.01. The number of hydrogen-bond donors (Lipinski definition) is 1. The van der Waals surface area contributed by atoms with Crippen molar-refractivity contribution in [2.24, 2.45) is 5.10 Å². The highest BCUT2D eigenvalue weighted by atomic mass is 16.5. The molecule has 7 heteroatoms. The monoisotopic (exact) mass is 299 g/mol. The maximum absolute atomic E-state index is 12.1. The third-order valence-corrected chi connectivity index (χ3v) is 3.38. The van der Waals surface area contributed by atoms with Crippen LogP contribution in [0.3, 0.4) is 0 Å². The minimum atomic E-state index is -0.266. The molecule has 1 aromatic heterocycles. The number of aromatic nitrogens is 2. The van der Waals surface area contributed by atoms with Crippen molar-refractivity contribution in [3.8, 4) is 0 Å². The number of aryl methyl sites for hydroxylation is 2. The number of hydrogen-bond acceptors (Lipinski definition) is 5. The van der Waals surface area contributed by atoms with Gasteiger partial charge in [-0.05, 0) is 19.4 Å². The van der Waals surface area contributed by atoms with E-state index in [1.165, 1.54) is 10.6 Å². The fourth-order valence-corrected chi connectivity index (χ4v) is 2.21. The van der Waals surface area contributed by atoms with Crippen LogP contribution < -0.4 is 5.32 Å². The molecule has 0 saturated heterocycles. The van der Waals surface area contributed by atoms with Gasteiger partial charge in [0, 0.05) is 6.42 Å². The Morgan fingerprint density at radius 1 is 1.32 bits per heavy atom. The molecule has 1 N–H and O–H groups in total. The SMILES string of the molecule is Cc1ccc(C2=NN(C(=O)NCc3nc(C)no3)CC2)cc1. The van der Waals surface area contributed by atoms with Gasteiger partial charge in [-0.1, -0.05) is 35.0 Å². The number of nitrogens with one attached hydrogen (secondary N) is 1. The minimum absolute atomic E-state index is 0.200. The van der Waals surface area contributed by atoms with E-state index in [1.807, 2.05) is 31.2 Å². The summed E-state index contributed by atoms with van der Waals surface area (Å²) in [6.45, 7) is 4.54. The van der Waals surface area contributed by atoms with E-state index < -0.39 is 0 Å². The van der Waals surface area contributed by atoms with E-state index in [9.17, 15) is 4.79 Å². The summed E-state index contributed by atoms with van der Waals surface area (Å²) in [6, 6.07) is 7.86. The highest BCUT2D eigenvalue weighted by molar-refractivity contribution is 6.02. The van der Waals surface area contributed by atoms with Crippen LogP contribution in [0.2, 0.25) is 0 Å². The molecule has 0 spiro atoms. The van der Waals surface area contributed by atoms with E-state index >= 15 is 0 Å². The van der Waals surface area contributed by atoms with Gasteiger partial charge in [0.2, 0.25) is 5.89 Å². The molecule has 22 heavy (non-hydrogen) atoms. The topological polar surface area (TPSA) is 83.6 Å². The van der Waals surface area contributed by atoms with Gasteiger partial charge in [-0.3, -0.25) is 0 Å². The first-order chi connectivity index (χ1) is 10.6. The number of urea groups is 1. The Labute approximate surface area is 128 Å². The van der Waals surface area contributed by atoms with Gasteiger partial charge in [-0.15, -0.1) is 0 Å². The molecule has 2 aromatic rings. The summed E-state index contributed by atoms with van der Waals surface area (Å²) in [4.78, 5) is 16.1. The number of carbonyl (C=O) groups excluding carboxylic acids is 1. The molecule has 2 amide bonds. The molecule has 3 rings (SSSR count). The van der Waals surface area contributed by atoms with Gasteiger partial charge >= 0.3 is 6.03 Å². The number of carbonyl (C=O) groups is 1. The zero-order chi connectivity index (χ0) is 15.5. The number of hydrazone groups is 1. The van der Waals surface area contributed by atoms with Crippen LogP contribution in [0.5, 0.6) is 0 Å². The van der Waals surface area contributed by atoms with E-state index in [4.69, 9.17) is 4.52 Å². The first-order valence-corrected chi connectivity index (χ1v) is 7.11. The van der Waals surface area contributed by atoms with Crippen molar-refractivity contribution in [2.45, 2.75) is 26.8 Å². The van der Waals surface area contributed by atoms with Crippen molar-refractivity contribution < 1.29 is 9.32 Å². The van der Waals surface area contributed by atoms with Gasteiger partial charge in [0.15, 0.2) is 5.82 Å². The molecule has 0 bridgehead atoms. The Bertz CT molecular complexity index is 705. The lowest BCUT2D eigenvalue weighted by atomic mass is 10.1. The molecule has 1 aromatic carbocycles. The summed E-state index contributed by atoms with van der Waals surface area (Å²) >= 11 is 0. The Balaban J connectivity index is 1.61. The second kappa shape index (κ2) is 5.97. The average molecular weight is 299 g/mol. The van der Waals surface area contributed by atoms with Crippen molar-refractivity contribution in [3.05, 3.63) is 47.1 Å². The molecule has 7 nitrogen and oxygen atoms in total. The first kappa shape index (κ1) is 14.2. The smallest absolute Gasteiger partial charge is 0.337 e. The van der Waals surface area contributed by atoms with Crippen molar-refractivity contribution in [3.63, 3.8) is 0 Å². The number of rotatable bonds is 3. The molecule has 2 heterocycles. The van der Waals surface area contributed by atoms with E-state index in [-0.39, 0.29) is 12.6 Å². The molecule has 0 unspecified atom stereocenters. The second-order valence-electron chi connectivity index (χ2n) is 5.18. The lowest BCUT2D eigenvalue weighted by Gasteiger charge is -2.11. The van der Waals surface area contributed by atoms with Gasteiger partial charge in [-0.2, -0.15) is 10.1 Å². The largest absolute Gasteiger partial charge is 0.338 e. The molecule has 0 radical (unpaired) electrons. The third kappa shape index (κ3) is 3.13. The summed E-state index contributed by atoms with van der Waals surface area (Å²) in [5, 5.41) is 12.2. The van der Waals surface area contributed by atoms with Crippen LogP contribution >= 0.6 is 0 Å². The predicted molar refractivity (Wildman–Crippen MR) is 80.3 cm³/mol. The first-order valence-electron chi connectivity index (χ1n) is 7.11. The number of amides is 2.